The van der Waals surface area contributed by atoms with Gasteiger partial charge in [-0.05, 0) is 24.2 Å². The van der Waals surface area contributed by atoms with Crippen molar-refractivity contribution < 1.29 is 0 Å². The zero-order valence-electron chi connectivity index (χ0n) is 9.97. The highest BCUT2D eigenvalue weighted by Crippen LogP contribution is 2.41. The van der Waals surface area contributed by atoms with Gasteiger partial charge < -0.3 is 0 Å². The second-order valence-corrected chi connectivity index (χ2v) is 5.24. The first-order valence-electron chi connectivity index (χ1n) is 6.10. The fourth-order valence-electron chi connectivity index (χ4n) is 2.96. The van der Waals surface area contributed by atoms with Gasteiger partial charge in [-0.3, -0.25) is 11.3 Å². The SMILES string of the molecule is CCC(C)C(NN)C1(C)CCCCC1. The van der Waals surface area contributed by atoms with Gasteiger partial charge in [0.15, 0.2) is 0 Å². The third kappa shape index (κ3) is 2.48. The Kier molecular flexibility index (Phi) is 4.39. The first kappa shape index (κ1) is 12.0. The summed E-state index contributed by atoms with van der Waals surface area (Å²) in [6, 6.07) is 0.493. The molecule has 2 nitrogen and oxygen atoms in total. The summed E-state index contributed by atoms with van der Waals surface area (Å²) < 4.78 is 0. The summed E-state index contributed by atoms with van der Waals surface area (Å²) in [5, 5.41) is 0. The van der Waals surface area contributed by atoms with Gasteiger partial charge in [0, 0.05) is 6.04 Å². The van der Waals surface area contributed by atoms with Crippen LogP contribution in [0.2, 0.25) is 0 Å². The van der Waals surface area contributed by atoms with E-state index in [0.717, 1.165) is 0 Å². The van der Waals surface area contributed by atoms with E-state index in [1.807, 2.05) is 0 Å². The van der Waals surface area contributed by atoms with Crippen molar-refractivity contribution in [3.05, 3.63) is 0 Å². The normalized spacial score (nSPS) is 25.7. The molecule has 0 amide bonds. The van der Waals surface area contributed by atoms with Crippen molar-refractivity contribution in [1.29, 1.82) is 0 Å². The molecule has 1 saturated carbocycles. The van der Waals surface area contributed by atoms with E-state index in [4.69, 9.17) is 5.84 Å². The maximum Gasteiger partial charge on any atom is 0.0289 e. The van der Waals surface area contributed by atoms with Crippen LogP contribution in [0.3, 0.4) is 0 Å². The molecule has 2 heteroatoms. The van der Waals surface area contributed by atoms with Crippen molar-refractivity contribution in [3.63, 3.8) is 0 Å². The third-order valence-electron chi connectivity index (χ3n) is 4.14. The van der Waals surface area contributed by atoms with E-state index < -0.39 is 0 Å². The maximum atomic E-state index is 5.72. The first-order chi connectivity index (χ1) is 6.64. The van der Waals surface area contributed by atoms with Crippen molar-refractivity contribution in [2.75, 3.05) is 0 Å². The van der Waals surface area contributed by atoms with Gasteiger partial charge in [0.05, 0.1) is 0 Å². The first-order valence-corrected chi connectivity index (χ1v) is 6.10. The van der Waals surface area contributed by atoms with Crippen LogP contribution in [0.5, 0.6) is 0 Å². The van der Waals surface area contributed by atoms with Crippen LogP contribution in [-0.2, 0) is 0 Å². The highest BCUT2D eigenvalue weighted by Gasteiger charge is 2.37. The molecule has 0 spiro atoms. The minimum Gasteiger partial charge on any atom is -0.271 e. The molecule has 0 aromatic carbocycles. The maximum absolute atomic E-state index is 5.72. The van der Waals surface area contributed by atoms with Gasteiger partial charge in [0.2, 0.25) is 0 Å². The fraction of sp³-hybridized carbons (Fsp3) is 1.00. The van der Waals surface area contributed by atoms with Crippen LogP contribution in [0.1, 0.15) is 59.3 Å². The molecule has 14 heavy (non-hydrogen) atoms. The quantitative estimate of drug-likeness (QED) is 0.538. The van der Waals surface area contributed by atoms with Gasteiger partial charge in [-0.1, -0.05) is 46.5 Å². The van der Waals surface area contributed by atoms with E-state index in [1.54, 1.807) is 0 Å². The molecule has 1 aliphatic rings. The minimum atomic E-state index is 0.433. The van der Waals surface area contributed by atoms with E-state index in [2.05, 4.69) is 26.2 Å². The van der Waals surface area contributed by atoms with Crippen molar-refractivity contribution >= 4 is 0 Å². The Morgan fingerprint density at radius 1 is 1.29 bits per heavy atom. The molecule has 1 aliphatic carbocycles. The Morgan fingerprint density at radius 3 is 2.29 bits per heavy atom. The van der Waals surface area contributed by atoms with E-state index in [-0.39, 0.29) is 0 Å². The lowest BCUT2D eigenvalue weighted by atomic mass is 9.67. The Bertz CT molecular complexity index is 162. The average molecular weight is 198 g/mol. The minimum absolute atomic E-state index is 0.433. The van der Waals surface area contributed by atoms with Gasteiger partial charge in [-0.25, -0.2) is 0 Å². The van der Waals surface area contributed by atoms with E-state index in [0.29, 0.717) is 17.4 Å². The predicted molar refractivity (Wildman–Crippen MR) is 61.8 cm³/mol. The Labute approximate surface area is 88.6 Å². The van der Waals surface area contributed by atoms with Crippen LogP contribution in [0, 0.1) is 11.3 Å². The molecule has 2 unspecified atom stereocenters. The molecule has 0 radical (unpaired) electrons. The van der Waals surface area contributed by atoms with Crippen molar-refractivity contribution in [1.82, 2.24) is 5.43 Å². The van der Waals surface area contributed by atoms with E-state index in [9.17, 15) is 0 Å². The molecule has 0 heterocycles. The molecule has 0 aromatic rings. The molecule has 0 saturated heterocycles. The van der Waals surface area contributed by atoms with Crippen LogP contribution in [-0.4, -0.2) is 6.04 Å². The number of hydrogen-bond acceptors (Lipinski definition) is 2. The Hall–Kier alpha value is -0.0800. The number of nitrogens with two attached hydrogens (primary N) is 1. The standard InChI is InChI=1S/C12H26N2/c1-4-10(2)11(14-13)12(3)8-6-5-7-9-12/h10-11,14H,4-9,13H2,1-3H3. The molecule has 0 aliphatic heterocycles. The number of nitrogens with one attached hydrogen (secondary N) is 1. The molecule has 84 valence electrons. The van der Waals surface area contributed by atoms with Gasteiger partial charge in [0.1, 0.15) is 0 Å². The average Bonchev–Trinajstić information content (AvgIpc) is 2.19. The number of hydrazine groups is 1. The lowest BCUT2D eigenvalue weighted by Gasteiger charge is -2.43. The zero-order chi connectivity index (χ0) is 10.6. The topological polar surface area (TPSA) is 38.0 Å². The summed E-state index contributed by atoms with van der Waals surface area (Å²) in [4.78, 5) is 0. The molecule has 2 atom stereocenters. The second-order valence-electron chi connectivity index (χ2n) is 5.24. The van der Waals surface area contributed by atoms with Gasteiger partial charge >= 0.3 is 0 Å². The van der Waals surface area contributed by atoms with E-state index in [1.165, 1.54) is 38.5 Å². The highest BCUT2D eigenvalue weighted by molar-refractivity contribution is 4.91. The smallest absolute Gasteiger partial charge is 0.0289 e. The van der Waals surface area contributed by atoms with E-state index >= 15 is 0 Å². The van der Waals surface area contributed by atoms with Gasteiger partial charge in [-0.2, -0.15) is 0 Å². The number of rotatable bonds is 4. The third-order valence-corrected chi connectivity index (χ3v) is 4.14. The molecule has 1 fully saturated rings. The summed E-state index contributed by atoms with van der Waals surface area (Å²) in [7, 11) is 0. The summed E-state index contributed by atoms with van der Waals surface area (Å²) in [5.74, 6) is 6.40. The monoisotopic (exact) mass is 198 g/mol. The molecular formula is C12H26N2. The highest BCUT2D eigenvalue weighted by atomic mass is 15.2. The van der Waals surface area contributed by atoms with Crippen molar-refractivity contribution in [2.24, 2.45) is 17.2 Å². The Morgan fingerprint density at radius 2 is 1.86 bits per heavy atom. The lowest BCUT2D eigenvalue weighted by Crippen LogP contribution is -2.51. The van der Waals surface area contributed by atoms with Crippen LogP contribution in [0.15, 0.2) is 0 Å². The molecule has 3 N–H and O–H groups in total. The predicted octanol–water partition coefficient (Wildman–Crippen LogP) is 2.83. The molecular weight excluding hydrogens is 172 g/mol. The number of hydrogen-bond donors (Lipinski definition) is 2. The van der Waals surface area contributed by atoms with Gasteiger partial charge in [0.25, 0.3) is 0 Å². The van der Waals surface area contributed by atoms with Crippen LogP contribution >= 0.6 is 0 Å². The molecule has 0 bridgehead atoms. The summed E-state index contributed by atoms with van der Waals surface area (Å²) in [5.41, 5.74) is 3.50. The van der Waals surface area contributed by atoms with Gasteiger partial charge in [-0.15, -0.1) is 0 Å². The van der Waals surface area contributed by atoms with Crippen molar-refractivity contribution in [2.45, 2.75) is 65.3 Å². The van der Waals surface area contributed by atoms with Crippen molar-refractivity contribution in [3.8, 4) is 0 Å². The largest absolute Gasteiger partial charge is 0.271 e. The summed E-state index contributed by atoms with van der Waals surface area (Å²) >= 11 is 0. The molecule has 0 aromatic heterocycles. The lowest BCUT2D eigenvalue weighted by molar-refractivity contribution is 0.106. The van der Waals surface area contributed by atoms with Crippen LogP contribution in [0.4, 0.5) is 0 Å². The zero-order valence-corrected chi connectivity index (χ0v) is 9.97. The second kappa shape index (κ2) is 5.13. The molecule has 1 rings (SSSR count). The summed E-state index contributed by atoms with van der Waals surface area (Å²) in [6.45, 7) is 6.97. The Balaban J connectivity index is 2.65. The summed E-state index contributed by atoms with van der Waals surface area (Å²) in [6.07, 6.45) is 8.06. The fourth-order valence-corrected chi connectivity index (χ4v) is 2.96. The van der Waals surface area contributed by atoms with Crippen LogP contribution in [0.25, 0.3) is 0 Å². The van der Waals surface area contributed by atoms with Crippen LogP contribution < -0.4 is 11.3 Å².